The van der Waals surface area contributed by atoms with Gasteiger partial charge in [-0.05, 0) is 108 Å². The van der Waals surface area contributed by atoms with Crippen LogP contribution in [-0.4, -0.2) is 62.5 Å². The fourth-order valence-electron chi connectivity index (χ4n) is 5.33. The number of halogens is 2. The van der Waals surface area contributed by atoms with Crippen molar-refractivity contribution >= 4 is 51.9 Å². The predicted molar refractivity (Wildman–Crippen MR) is 165 cm³/mol. The van der Waals surface area contributed by atoms with Crippen LogP contribution in [0.4, 0.5) is 0 Å². The fourth-order valence-corrected chi connectivity index (χ4v) is 8.82. The molecule has 12 heteroatoms. The van der Waals surface area contributed by atoms with E-state index in [4.69, 9.17) is 9.47 Å². The minimum atomic E-state index is -3.86. The van der Waals surface area contributed by atoms with Crippen molar-refractivity contribution < 1.29 is 26.3 Å². The average molecular weight is 723 g/mol. The molecule has 40 heavy (non-hydrogen) atoms. The lowest BCUT2D eigenvalue weighted by Gasteiger charge is -2.35. The van der Waals surface area contributed by atoms with Crippen LogP contribution in [0, 0.1) is 0 Å². The van der Waals surface area contributed by atoms with Gasteiger partial charge in [-0.1, -0.05) is 31.9 Å². The number of nitrogens with zero attached hydrogens (tertiary/aromatic N) is 1. The van der Waals surface area contributed by atoms with Crippen molar-refractivity contribution in [2.75, 3.05) is 6.54 Å². The first-order valence-electron chi connectivity index (χ1n) is 13.7. The third-order valence-electron chi connectivity index (χ3n) is 7.65. The van der Waals surface area contributed by atoms with E-state index in [0.717, 1.165) is 28.2 Å². The van der Waals surface area contributed by atoms with Crippen LogP contribution in [0.15, 0.2) is 57.5 Å². The minimum absolute atomic E-state index is 0.147. The Balaban J connectivity index is 1.49. The standard InChI is InChI=1S/C28H38Br2N2O6S2/c1-19(2)40(35,36)32(26-7-5-9-28(26)38-24-16-12-22(30)13-17-24)18-20(3)39(33,34)31-25-6-4-8-27(25)37-23-14-10-21(29)11-15-23/h10-17,19-20,25-28,31H,4-9,18H2,1-3H3. The maximum atomic E-state index is 13.6. The number of ether oxygens (including phenoxy) is 2. The zero-order valence-corrected chi connectivity index (χ0v) is 27.8. The molecule has 2 aromatic rings. The summed E-state index contributed by atoms with van der Waals surface area (Å²) in [5, 5.41) is -1.66. The quantitative estimate of drug-likeness (QED) is 0.295. The third-order valence-corrected chi connectivity index (χ3v) is 12.8. The summed E-state index contributed by atoms with van der Waals surface area (Å²) in [5.41, 5.74) is 0. The van der Waals surface area contributed by atoms with Gasteiger partial charge in [-0.25, -0.2) is 21.6 Å². The molecule has 8 nitrogen and oxygen atoms in total. The summed E-state index contributed by atoms with van der Waals surface area (Å²) in [6, 6.07) is 14.0. The summed E-state index contributed by atoms with van der Waals surface area (Å²) in [5.74, 6) is 1.34. The summed E-state index contributed by atoms with van der Waals surface area (Å²) in [4.78, 5) is 0. The van der Waals surface area contributed by atoms with E-state index in [9.17, 15) is 16.8 Å². The Morgan fingerprint density at radius 2 is 1.30 bits per heavy atom. The maximum Gasteiger partial charge on any atom is 0.216 e. The Labute approximate surface area is 255 Å². The zero-order valence-electron chi connectivity index (χ0n) is 23.0. The molecule has 2 aromatic carbocycles. The van der Waals surface area contributed by atoms with E-state index in [1.165, 1.54) is 4.31 Å². The molecule has 1 N–H and O–H groups in total. The van der Waals surface area contributed by atoms with Gasteiger partial charge < -0.3 is 9.47 Å². The van der Waals surface area contributed by atoms with Gasteiger partial charge in [0.1, 0.15) is 23.7 Å². The van der Waals surface area contributed by atoms with Crippen LogP contribution in [0.25, 0.3) is 0 Å². The lowest BCUT2D eigenvalue weighted by molar-refractivity contribution is 0.134. The normalized spacial score (nSPS) is 24.5. The number of hydrogen-bond acceptors (Lipinski definition) is 6. The van der Waals surface area contributed by atoms with Gasteiger partial charge in [0.15, 0.2) is 0 Å². The van der Waals surface area contributed by atoms with Crippen molar-refractivity contribution in [3.8, 4) is 11.5 Å². The van der Waals surface area contributed by atoms with Crippen LogP contribution in [0.2, 0.25) is 0 Å². The molecule has 5 atom stereocenters. The molecule has 2 aliphatic rings. The van der Waals surface area contributed by atoms with E-state index in [-0.39, 0.29) is 24.8 Å². The lowest BCUT2D eigenvalue weighted by atomic mass is 10.2. The van der Waals surface area contributed by atoms with Gasteiger partial charge in [-0.2, -0.15) is 4.31 Å². The summed E-state index contributed by atoms with van der Waals surface area (Å²) in [6.45, 7) is 4.68. The van der Waals surface area contributed by atoms with Gasteiger partial charge in [0, 0.05) is 15.5 Å². The second-order valence-electron chi connectivity index (χ2n) is 10.9. The molecule has 222 valence electrons. The number of rotatable bonds is 12. The smallest absolute Gasteiger partial charge is 0.216 e. The van der Waals surface area contributed by atoms with Gasteiger partial charge in [0.05, 0.1) is 22.6 Å². The molecule has 0 heterocycles. The SMILES string of the molecule is CC(CN(C1CCCC1Oc1ccc(Br)cc1)S(=O)(=O)C(C)C)S(=O)(=O)NC1CCCC1Oc1ccc(Br)cc1. The van der Waals surface area contributed by atoms with E-state index in [0.29, 0.717) is 30.8 Å². The van der Waals surface area contributed by atoms with Gasteiger partial charge >= 0.3 is 0 Å². The van der Waals surface area contributed by atoms with Gasteiger partial charge in [-0.3, -0.25) is 0 Å². The van der Waals surface area contributed by atoms with Crippen LogP contribution in [-0.2, 0) is 20.0 Å². The van der Waals surface area contributed by atoms with E-state index in [1.807, 2.05) is 48.5 Å². The highest BCUT2D eigenvalue weighted by Crippen LogP contribution is 2.33. The van der Waals surface area contributed by atoms with Gasteiger partial charge in [-0.15, -0.1) is 0 Å². The first kappa shape index (κ1) is 31.7. The summed E-state index contributed by atoms with van der Waals surface area (Å²) in [7, 11) is -7.62. The third kappa shape index (κ3) is 7.80. The van der Waals surface area contributed by atoms with Crippen LogP contribution in [0.5, 0.6) is 11.5 Å². The van der Waals surface area contributed by atoms with E-state index < -0.39 is 36.6 Å². The summed E-state index contributed by atoms with van der Waals surface area (Å²) >= 11 is 6.83. The largest absolute Gasteiger partial charge is 0.489 e. The number of benzene rings is 2. The second kappa shape index (κ2) is 13.4. The van der Waals surface area contributed by atoms with Crippen molar-refractivity contribution in [3.05, 3.63) is 57.5 Å². The Bertz CT molecular complexity index is 1340. The Kier molecular flexibility index (Phi) is 10.6. The molecular weight excluding hydrogens is 684 g/mol. The van der Waals surface area contributed by atoms with E-state index in [2.05, 4.69) is 36.6 Å². The van der Waals surface area contributed by atoms with Crippen LogP contribution in [0.1, 0.15) is 59.3 Å². The zero-order chi connectivity index (χ0) is 29.1. The molecule has 2 aliphatic carbocycles. The van der Waals surface area contributed by atoms with Crippen molar-refractivity contribution in [2.24, 2.45) is 0 Å². The maximum absolute atomic E-state index is 13.6. The van der Waals surface area contributed by atoms with E-state index in [1.54, 1.807) is 20.8 Å². The molecule has 4 rings (SSSR count). The topological polar surface area (TPSA) is 102 Å². The Morgan fingerprint density at radius 3 is 1.85 bits per heavy atom. The monoisotopic (exact) mass is 720 g/mol. The molecular formula is C28H38Br2N2O6S2. The van der Waals surface area contributed by atoms with Gasteiger partial charge in [0.25, 0.3) is 0 Å². The van der Waals surface area contributed by atoms with Gasteiger partial charge in [0.2, 0.25) is 20.0 Å². The van der Waals surface area contributed by atoms with Crippen LogP contribution >= 0.6 is 31.9 Å². The fraction of sp³-hybridized carbons (Fsp3) is 0.571. The Morgan fingerprint density at radius 1 is 0.800 bits per heavy atom. The first-order valence-corrected chi connectivity index (χ1v) is 18.4. The minimum Gasteiger partial charge on any atom is -0.489 e. The van der Waals surface area contributed by atoms with Crippen molar-refractivity contribution in [1.82, 2.24) is 9.03 Å². The molecule has 0 radical (unpaired) electrons. The van der Waals surface area contributed by atoms with Crippen LogP contribution in [0.3, 0.4) is 0 Å². The second-order valence-corrected chi connectivity index (χ2v) is 17.3. The average Bonchev–Trinajstić information content (AvgIpc) is 3.53. The number of nitrogens with one attached hydrogen (secondary N) is 1. The van der Waals surface area contributed by atoms with Crippen molar-refractivity contribution in [2.45, 2.75) is 94.1 Å². The molecule has 0 aliphatic heterocycles. The van der Waals surface area contributed by atoms with Crippen LogP contribution < -0.4 is 14.2 Å². The highest BCUT2D eigenvalue weighted by molar-refractivity contribution is 9.10. The highest BCUT2D eigenvalue weighted by Gasteiger charge is 2.43. The molecule has 2 fully saturated rings. The number of hydrogen-bond donors (Lipinski definition) is 1. The summed E-state index contributed by atoms with van der Waals surface area (Å²) < 4.78 is 72.7. The molecule has 0 saturated heterocycles. The molecule has 0 amide bonds. The molecule has 5 unspecified atom stereocenters. The molecule has 0 aromatic heterocycles. The number of sulfonamides is 2. The van der Waals surface area contributed by atoms with E-state index >= 15 is 0 Å². The van der Waals surface area contributed by atoms with Crippen molar-refractivity contribution in [3.63, 3.8) is 0 Å². The molecule has 2 saturated carbocycles. The highest BCUT2D eigenvalue weighted by atomic mass is 79.9. The lowest BCUT2D eigenvalue weighted by Crippen LogP contribution is -2.54. The summed E-state index contributed by atoms with van der Waals surface area (Å²) in [6.07, 6.45) is 3.68. The first-order chi connectivity index (χ1) is 18.9. The molecule has 0 bridgehead atoms. The molecule has 0 spiro atoms. The van der Waals surface area contributed by atoms with Crippen molar-refractivity contribution in [1.29, 1.82) is 0 Å². The predicted octanol–water partition coefficient (Wildman–Crippen LogP) is 5.86. The Hall–Kier alpha value is -1.18.